The number of nitriles is 1. The lowest BCUT2D eigenvalue weighted by Gasteiger charge is -2.24. The predicted octanol–water partition coefficient (Wildman–Crippen LogP) is 3.95. The van der Waals surface area contributed by atoms with Gasteiger partial charge in [0.05, 0.1) is 6.54 Å². The Kier molecular flexibility index (Phi) is 5.44. The maximum absolute atomic E-state index is 10.5. The highest BCUT2D eigenvalue weighted by Gasteiger charge is 2.17. The molecule has 0 bridgehead atoms. The van der Waals surface area contributed by atoms with Gasteiger partial charge in [0.2, 0.25) is 5.76 Å². The highest BCUT2D eigenvalue weighted by atomic mass is 32.1. The van der Waals surface area contributed by atoms with Crippen molar-refractivity contribution in [3.05, 3.63) is 81.9 Å². The largest absolute Gasteiger partial charge is 0.449 e. The average molecular weight is 338 g/mol. The maximum atomic E-state index is 10.5. The third kappa shape index (κ3) is 4.33. The quantitative estimate of drug-likeness (QED) is 0.708. The molecule has 122 valence electrons. The summed E-state index contributed by atoms with van der Waals surface area (Å²) >= 11 is 1.55. The van der Waals surface area contributed by atoms with E-state index in [0.29, 0.717) is 25.4 Å². The van der Waals surface area contributed by atoms with Crippen molar-refractivity contribution in [2.24, 2.45) is 0 Å². The Bertz CT molecular complexity index is 790. The van der Waals surface area contributed by atoms with Crippen molar-refractivity contribution in [2.75, 3.05) is 6.54 Å². The van der Waals surface area contributed by atoms with E-state index in [0.717, 1.165) is 10.6 Å². The van der Waals surface area contributed by atoms with Crippen molar-refractivity contribution in [1.29, 1.82) is 5.26 Å². The second-order valence-corrected chi connectivity index (χ2v) is 6.54. The first-order valence-electron chi connectivity index (χ1n) is 7.71. The molecule has 2 aromatic heterocycles. The summed E-state index contributed by atoms with van der Waals surface area (Å²) in [5, 5.41) is 21.3. The van der Waals surface area contributed by atoms with Gasteiger partial charge in [-0.15, -0.1) is 11.3 Å². The number of hydrogen-bond donors (Lipinski definition) is 1. The van der Waals surface area contributed by atoms with Crippen LogP contribution in [0, 0.1) is 11.3 Å². The first-order valence-corrected chi connectivity index (χ1v) is 8.59. The Morgan fingerprint density at radius 2 is 1.92 bits per heavy atom. The van der Waals surface area contributed by atoms with Gasteiger partial charge in [-0.05, 0) is 29.1 Å². The molecule has 0 saturated heterocycles. The topological polar surface area (TPSA) is 60.4 Å². The Hall–Kier alpha value is -2.39. The van der Waals surface area contributed by atoms with Crippen molar-refractivity contribution >= 4 is 11.3 Å². The fraction of sp³-hybridized carbons (Fsp3) is 0.211. The molecule has 1 N–H and O–H groups in total. The smallest absolute Gasteiger partial charge is 0.203 e. The van der Waals surface area contributed by atoms with Crippen LogP contribution in [0.2, 0.25) is 0 Å². The zero-order valence-electron chi connectivity index (χ0n) is 13.1. The lowest BCUT2D eigenvalue weighted by atomic mass is 10.2. The van der Waals surface area contributed by atoms with Crippen LogP contribution in [-0.4, -0.2) is 16.6 Å². The zero-order chi connectivity index (χ0) is 16.8. The molecule has 24 heavy (non-hydrogen) atoms. The first kappa shape index (κ1) is 16.5. The number of benzene rings is 1. The SMILES string of the molecule is N#Cc1ccc(CN(Cc2ccccc2)CC(O)c2cccs2)o1. The molecule has 0 aliphatic rings. The molecule has 0 spiro atoms. The van der Waals surface area contributed by atoms with Gasteiger partial charge in [-0.1, -0.05) is 36.4 Å². The predicted molar refractivity (Wildman–Crippen MR) is 93.3 cm³/mol. The molecule has 3 aromatic rings. The fourth-order valence-corrected chi connectivity index (χ4v) is 3.29. The first-order chi connectivity index (χ1) is 11.7. The van der Waals surface area contributed by atoms with Gasteiger partial charge in [0.1, 0.15) is 17.9 Å². The van der Waals surface area contributed by atoms with Gasteiger partial charge in [-0.25, -0.2) is 0 Å². The minimum atomic E-state index is -0.542. The summed E-state index contributed by atoms with van der Waals surface area (Å²) in [6.45, 7) is 1.74. The van der Waals surface area contributed by atoms with E-state index in [1.165, 1.54) is 5.56 Å². The normalized spacial score (nSPS) is 12.2. The van der Waals surface area contributed by atoms with Gasteiger partial charge in [-0.2, -0.15) is 5.26 Å². The second-order valence-electron chi connectivity index (χ2n) is 5.56. The van der Waals surface area contributed by atoms with E-state index < -0.39 is 6.10 Å². The highest BCUT2D eigenvalue weighted by Crippen LogP contribution is 2.22. The van der Waals surface area contributed by atoms with Crippen molar-refractivity contribution in [3.8, 4) is 6.07 Å². The highest BCUT2D eigenvalue weighted by molar-refractivity contribution is 7.10. The van der Waals surface area contributed by atoms with Gasteiger partial charge in [0.15, 0.2) is 0 Å². The lowest BCUT2D eigenvalue weighted by molar-refractivity contribution is 0.103. The van der Waals surface area contributed by atoms with Crippen LogP contribution in [0.5, 0.6) is 0 Å². The van der Waals surface area contributed by atoms with Crippen LogP contribution in [0.25, 0.3) is 0 Å². The van der Waals surface area contributed by atoms with Gasteiger partial charge < -0.3 is 9.52 Å². The van der Waals surface area contributed by atoms with Gasteiger partial charge in [0.25, 0.3) is 0 Å². The van der Waals surface area contributed by atoms with Crippen LogP contribution in [0.1, 0.15) is 28.1 Å². The Balaban J connectivity index is 1.73. The van der Waals surface area contributed by atoms with Crippen molar-refractivity contribution in [1.82, 2.24) is 4.90 Å². The second kappa shape index (κ2) is 7.93. The van der Waals surface area contributed by atoms with Crippen LogP contribution in [0.3, 0.4) is 0 Å². The van der Waals surface area contributed by atoms with E-state index in [1.54, 1.807) is 17.4 Å². The fourth-order valence-electron chi connectivity index (χ4n) is 2.59. The maximum Gasteiger partial charge on any atom is 0.203 e. The molecule has 0 aliphatic heterocycles. The summed E-state index contributed by atoms with van der Waals surface area (Å²) in [6.07, 6.45) is -0.542. The van der Waals surface area contributed by atoms with E-state index in [2.05, 4.69) is 17.0 Å². The molecule has 4 nitrogen and oxygen atoms in total. The molecule has 0 aliphatic carbocycles. The summed E-state index contributed by atoms with van der Waals surface area (Å²) in [7, 11) is 0. The molecule has 0 saturated carbocycles. The van der Waals surface area contributed by atoms with Crippen molar-refractivity contribution in [3.63, 3.8) is 0 Å². The van der Waals surface area contributed by atoms with E-state index in [9.17, 15) is 5.11 Å². The van der Waals surface area contributed by atoms with Crippen LogP contribution >= 0.6 is 11.3 Å². The van der Waals surface area contributed by atoms with E-state index in [1.807, 2.05) is 47.8 Å². The van der Waals surface area contributed by atoms with Crippen LogP contribution in [0.15, 0.2) is 64.4 Å². The summed E-state index contributed by atoms with van der Waals surface area (Å²) < 4.78 is 5.49. The summed E-state index contributed by atoms with van der Waals surface area (Å²) in [4.78, 5) is 3.07. The molecule has 1 unspecified atom stereocenters. The van der Waals surface area contributed by atoms with Gasteiger partial charge in [-0.3, -0.25) is 4.90 Å². The third-order valence-corrected chi connectivity index (χ3v) is 4.68. The standard InChI is InChI=1S/C19H18N2O2S/c20-11-16-8-9-17(23-16)13-21(12-15-5-2-1-3-6-15)14-18(22)19-7-4-10-24-19/h1-10,18,22H,12-14H2. The van der Waals surface area contributed by atoms with Crippen LogP contribution in [0.4, 0.5) is 0 Å². The van der Waals surface area contributed by atoms with E-state index in [-0.39, 0.29) is 0 Å². The molecule has 5 heteroatoms. The zero-order valence-corrected chi connectivity index (χ0v) is 13.9. The van der Waals surface area contributed by atoms with Crippen molar-refractivity contribution in [2.45, 2.75) is 19.2 Å². The molecule has 1 aromatic carbocycles. The molecule has 0 radical (unpaired) electrons. The summed E-state index contributed by atoms with van der Waals surface area (Å²) in [5.74, 6) is 1.03. The minimum Gasteiger partial charge on any atom is -0.449 e. The van der Waals surface area contributed by atoms with Gasteiger partial charge >= 0.3 is 0 Å². The molecular formula is C19H18N2O2S. The number of hydrogen-bond acceptors (Lipinski definition) is 5. The number of nitrogens with zero attached hydrogens (tertiary/aromatic N) is 2. The lowest BCUT2D eigenvalue weighted by Crippen LogP contribution is -2.27. The monoisotopic (exact) mass is 338 g/mol. The summed E-state index contributed by atoms with van der Waals surface area (Å²) in [6, 6.07) is 19.5. The Morgan fingerprint density at radius 3 is 2.58 bits per heavy atom. The van der Waals surface area contributed by atoms with Gasteiger partial charge in [0, 0.05) is 18.0 Å². The molecular weight excluding hydrogens is 320 g/mol. The number of aliphatic hydroxyl groups excluding tert-OH is 1. The molecule has 2 heterocycles. The van der Waals surface area contributed by atoms with Crippen LogP contribution in [-0.2, 0) is 13.1 Å². The molecule has 0 amide bonds. The average Bonchev–Trinajstić information content (AvgIpc) is 3.27. The van der Waals surface area contributed by atoms with Crippen molar-refractivity contribution < 1.29 is 9.52 Å². The Labute approximate surface area is 145 Å². The molecule has 0 fully saturated rings. The summed E-state index contributed by atoms with van der Waals surface area (Å²) in [5.41, 5.74) is 1.17. The van der Waals surface area contributed by atoms with E-state index >= 15 is 0 Å². The van der Waals surface area contributed by atoms with E-state index in [4.69, 9.17) is 9.68 Å². The molecule has 3 rings (SSSR count). The number of aliphatic hydroxyl groups is 1. The third-order valence-electron chi connectivity index (χ3n) is 3.70. The van der Waals surface area contributed by atoms with Crippen LogP contribution < -0.4 is 0 Å². The minimum absolute atomic E-state index is 0.309. The molecule has 1 atom stereocenters. The number of furan rings is 1. The number of thiophene rings is 1. The Morgan fingerprint density at radius 1 is 1.08 bits per heavy atom. The number of rotatable bonds is 7.